The summed E-state index contributed by atoms with van der Waals surface area (Å²) < 4.78 is 12.5. The summed E-state index contributed by atoms with van der Waals surface area (Å²) in [5, 5.41) is 0.526. The first-order chi connectivity index (χ1) is 18.0. The maximum Gasteiger partial charge on any atom is 0.546 e. The van der Waals surface area contributed by atoms with Crippen molar-refractivity contribution in [3.63, 3.8) is 0 Å². The summed E-state index contributed by atoms with van der Waals surface area (Å²) in [6, 6.07) is 19.3. The van der Waals surface area contributed by atoms with Crippen molar-refractivity contribution < 1.29 is 9.46 Å². The zero-order valence-electron chi connectivity index (χ0n) is 23.5. The van der Waals surface area contributed by atoms with Crippen LogP contribution < -0.4 is 5.30 Å². The van der Waals surface area contributed by atoms with Crippen molar-refractivity contribution in [3.8, 4) is 22.3 Å². The third-order valence-electron chi connectivity index (χ3n) is 7.62. The minimum Gasteiger partial charge on any atom is -0.156 e. The van der Waals surface area contributed by atoms with Crippen LogP contribution >= 0.6 is 8.03 Å². The van der Waals surface area contributed by atoms with E-state index in [0.29, 0.717) is 5.30 Å². The summed E-state index contributed by atoms with van der Waals surface area (Å²) in [6.07, 6.45) is 14.1. The fraction of sp³-hybridized carbons (Fsp3) is 0.471. The minimum absolute atomic E-state index is 0.526. The summed E-state index contributed by atoms with van der Waals surface area (Å²) in [6.45, 7) is 8.94. The fourth-order valence-electron chi connectivity index (χ4n) is 5.46. The lowest BCUT2D eigenvalue weighted by atomic mass is 9.88. The van der Waals surface area contributed by atoms with Crippen LogP contribution in [0.5, 0.6) is 0 Å². The van der Waals surface area contributed by atoms with Gasteiger partial charge >= 0.3 is 8.03 Å². The molecule has 37 heavy (non-hydrogen) atoms. The highest BCUT2D eigenvalue weighted by Crippen LogP contribution is 2.37. The van der Waals surface area contributed by atoms with Gasteiger partial charge in [-0.15, -0.1) is 0 Å². The molecule has 0 aliphatic rings. The van der Waals surface area contributed by atoms with Gasteiger partial charge in [0, 0.05) is 5.56 Å². The highest BCUT2D eigenvalue weighted by molar-refractivity contribution is 7.47. The maximum absolute atomic E-state index is 12.5. The molecule has 0 bridgehead atoms. The Hall–Kier alpha value is -2.28. The zero-order chi connectivity index (χ0) is 26.6. The van der Waals surface area contributed by atoms with Gasteiger partial charge in [-0.05, 0) is 88.1 Å². The van der Waals surface area contributed by atoms with Crippen molar-refractivity contribution >= 4 is 13.3 Å². The van der Waals surface area contributed by atoms with Gasteiger partial charge < -0.3 is 0 Å². The zero-order valence-corrected chi connectivity index (χ0v) is 24.4. The van der Waals surface area contributed by atoms with Crippen molar-refractivity contribution in [2.45, 2.75) is 105 Å². The monoisotopic (exact) mass is 517 g/mol. The molecule has 0 heterocycles. The third-order valence-corrected chi connectivity index (χ3v) is 8.41. The molecule has 3 aromatic rings. The van der Waals surface area contributed by atoms with Crippen LogP contribution in [0.1, 0.15) is 101 Å². The van der Waals surface area contributed by atoms with Crippen LogP contribution in [0.4, 0.5) is 0 Å². The van der Waals surface area contributed by atoms with Gasteiger partial charge in [0.25, 0.3) is 0 Å². The summed E-state index contributed by atoms with van der Waals surface area (Å²) >= 11 is 0. The van der Waals surface area contributed by atoms with Crippen molar-refractivity contribution in [2.24, 2.45) is 0 Å². The molecule has 1 unspecified atom stereocenters. The van der Waals surface area contributed by atoms with Gasteiger partial charge in [-0.2, -0.15) is 4.89 Å². The molecular formula is C34H46O2P+. The summed E-state index contributed by atoms with van der Waals surface area (Å²) in [7, 11) is -2.46. The third kappa shape index (κ3) is 7.86. The van der Waals surface area contributed by atoms with Crippen LogP contribution in [0.3, 0.4) is 0 Å². The van der Waals surface area contributed by atoms with Crippen molar-refractivity contribution in [1.82, 2.24) is 0 Å². The van der Waals surface area contributed by atoms with Crippen LogP contribution in [0, 0.1) is 0 Å². The van der Waals surface area contributed by atoms with Crippen LogP contribution in [-0.4, -0.2) is 4.89 Å². The molecule has 0 aliphatic carbocycles. The van der Waals surface area contributed by atoms with Gasteiger partial charge in [0.05, 0.1) is 0 Å². The molecule has 3 rings (SSSR count). The summed E-state index contributed by atoms with van der Waals surface area (Å²) in [5.74, 6) is 0. The first-order valence-electron chi connectivity index (χ1n) is 14.6. The van der Waals surface area contributed by atoms with Crippen LogP contribution in [0.25, 0.3) is 22.3 Å². The molecule has 0 aromatic heterocycles. The molecule has 0 amide bonds. The van der Waals surface area contributed by atoms with E-state index in [2.05, 4.69) is 70.2 Å². The summed E-state index contributed by atoms with van der Waals surface area (Å²) in [5.41, 5.74) is 9.73. The smallest absolute Gasteiger partial charge is 0.156 e. The average molecular weight is 518 g/mol. The largest absolute Gasteiger partial charge is 0.546 e. The van der Waals surface area contributed by atoms with Gasteiger partial charge in [-0.3, -0.25) is 0 Å². The first kappa shape index (κ1) is 29.3. The van der Waals surface area contributed by atoms with Crippen molar-refractivity contribution in [1.29, 1.82) is 0 Å². The Balaban J connectivity index is 2.08. The fourth-order valence-corrected chi connectivity index (χ4v) is 6.11. The Kier molecular flexibility index (Phi) is 12.0. The first-order valence-corrected chi connectivity index (χ1v) is 15.8. The van der Waals surface area contributed by atoms with E-state index in [4.69, 9.17) is 0 Å². The van der Waals surface area contributed by atoms with Gasteiger partial charge in [0.2, 0.25) is 5.30 Å². The molecule has 0 aliphatic heterocycles. The molecule has 0 spiro atoms. The van der Waals surface area contributed by atoms with E-state index in [1.54, 1.807) is 0 Å². The molecule has 0 fully saturated rings. The lowest BCUT2D eigenvalue weighted by Crippen LogP contribution is -2.05. The van der Waals surface area contributed by atoms with E-state index < -0.39 is 8.03 Å². The molecule has 0 saturated heterocycles. The lowest BCUT2D eigenvalue weighted by molar-refractivity contribution is 0.513. The van der Waals surface area contributed by atoms with Gasteiger partial charge in [0.15, 0.2) is 0 Å². The Morgan fingerprint density at radius 1 is 0.622 bits per heavy atom. The lowest BCUT2D eigenvalue weighted by Gasteiger charge is -2.16. The quantitative estimate of drug-likeness (QED) is 0.161. The highest BCUT2D eigenvalue weighted by atomic mass is 31.1. The van der Waals surface area contributed by atoms with Crippen LogP contribution in [0.2, 0.25) is 0 Å². The topological polar surface area (TPSA) is 37.3 Å². The molecule has 1 atom stereocenters. The second-order valence-corrected chi connectivity index (χ2v) is 11.3. The Bertz CT molecular complexity index is 1160. The van der Waals surface area contributed by atoms with E-state index in [1.807, 2.05) is 12.1 Å². The van der Waals surface area contributed by atoms with E-state index in [9.17, 15) is 9.46 Å². The molecule has 0 radical (unpaired) electrons. The van der Waals surface area contributed by atoms with Crippen molar-refractivity contribution in [2.75, 3.05) is 0 Å². The predicted molar refractivity (Wildman–Crippen MR) is 161 cm³/mol. The minimum atomic E-state index is -2.46. The van der Waals surface area contributed by atoms with Gasteiger partial charge in [-0.25, -0.2) is 0 Å². The standard InChI is InChI=1S/C34H45O2P/c1-5-9-11-13-16-28-24-30(22-20-26(28)7-3)32-18-15-19-33(37(35)36)34(32)31-23-21-27(8-4)29(25-31)17-14-12-10-6-2/h15,18-25H,5-14,16-17H2,1-4H3/p+1. The Morgan fingerprint density at radius 2 is 1.16 bits per heavy atom. The molecule has 0 saturated carbocycles. The maximum atomic E-state index is 12.5. The number of benzene rings is 3. The Morgan fingerprint density at radius 3 is 1.68 bits per heavy atom. The van der Waals surface area contributed by atoms with E-state index in [0.717, 1.165) is 47.9 Å². The van der Waals surface area contributed by atoms with Crippen LogP contribution in [0.15, 0.2) is 54.6 Å². The molecule has 1 N–H and O–H groups in total. The SMILES string of the molecule is CCCCCCc1cc(-c2cccc([P+](=O)O)c2-c2ccc(CC)c(CCCCCC)c2)ccc1CC. The molecule has 198 valence electrons. The second kappa shape index (κ2) is 15.2. The number of rotatable bonds is 15. The normalized spacial score (nSPS) is 11.6. The van der Waals surface area contributed by atoms with Gasteiger partial charge in [-0.1, -0.05) is 115 Å². The number of unbranched alkanes of at least 4 members (excludes halogenated alkanes) is 6. The molecular weight excluding hydrogens is 471 g/mol. The number of aryl methyl sites for hydroxylation is 4. The molecule has 3 aromatic carbocycles. The second-order valence-electron chi connectivity index (χ2n) is 10.3. The average Bonchev–Trinajstić information content (AvgIpc) is 2.92. The van der Waals surface area contributed by atoms with E-state index in [-0.39, 0.29) is 0 Å². The molecule has 2 nitrogen and oxygen atoms in total. The predicted octanol–water partition coefficient (Wildman–Crippen LogP) is 9.75. The number of hydrogen-bond acceptors (Lipinski definition) is 1. The van der Waals surface area contributed by atoms with E-state index in [1.165, 1.54) is 73.6 Å². The van der Waals surface area contributed by atoms with Crippen LogP contribution in [-0.2, 0) is 30.2 Å². The highest BCUT2D eigenvalue weighted by Gasteiger charge is 2.26. The number of hydrogen-bond donors (Lipinski definition) is 1. The van der Waals surface area contributed by atoms with E-state index >= 15 is 0 Å². The van der Waals surface area contributed by atoms with Gasteiger partial charge in [0.1, 0.15) is 0 Å². The summed E-state index contributed by atoms with van der Waals surface area (Å²) in [4.78, 5) is 10.3. The molecule has 3 heteroatoms. The van der Waals surface area contributed by atoms with Crippen molar-refractivity contribution in [3.05, 3.63) is 76.9 Å². The Labute approximate surface area is 226 Å².